The summed E-state index contributed by atoms with van der Waals surface area (Å²) >= 11 is 11.9. The van der Waals surface area contributed by atoms with Gasteiger partial charge in [0.05, 0.1) is 39.7 Å². The molecule has 0 bridgehead atoms. The molecule has 2 N–H and O–H groups in total. The number of amides is 2. The fourth-order valence-corrected chi connectivity index (χ4v) is 5.78. The van der Waals surface area contributed by atoms with Gasteiger partial charge in [0.2, 0.25) is 5.60 Å². The number of benzene rings is 1. The lowest BCUT2D eigenvalue weighted by atomic mass is 9.85. The minimum Gasteiger partial charge on any atom is -0.496 e. The molecular weight excluding hydrogens is 565 g/mol. The van der Waals surface area contributed by atoms with Crippen LogP contribution in [0.3, 0.4) is 0 Å². The normalized spacial score (nSPS) is 22.4. The Bertz CT molecular complexity index is 1430. The minimum absolute atomic E-state index is 0.0705. The number of pyridine rings is 2. The number of carbonyl (C=O) groups is 2. The number of nitrogens with zero attached hydrogens (tertiary/aromatic N) is 3. The van der Waals surface area contributed by atoms with E-state index in [4.69, 9.17) is 27.9 Å². The average molecular weight is 591 g/mol. The van der Waals surface area contributed by atoms with Crippen LogP contribution in [0.5, 0.6) is 5.75 Å². The Hall–Kier alpha value is -3.34. The van der Waals surface area contributed by atoms with Crippen LogP contribution in [0.4, 0.5) is 14.5 Å². The summed E-state index contributed by atoms with van der Waals surface area (Å²) in [4.78, 5) is 36.0. The van der Waals surface area contributed by atoms with E-state index < -0.39 is 29.5 Å². The SMILES string of the molecule is COc1cccc2c1C(O)(c1ccc(Cl)cn1)C(=O)N2CC1CCC(NC(=O)c2cc(Cl)cnc2C(F)F)CC1. The van der Waals surface area contributed by atoms with Crippen molar-refractivity contribution in [2.75, 3.05) is 18.6 Å². The fourth-order valence-electron chi connectivity index (χ4n) is 5.51. The zero-order valence-corrected chi connectivity index (χ0v) is 22.9. The Morgan fingerprint density at radius 1 is 1.15 bits per heavy atom. The summed E-state index contributed by atoms with van der Waals surface area (Å²) < 4.78 is 32.2. The van der Waals surface area contributed by atoms with Crippen molar-refractivity contribution in [1.82, 2.24) is 15.3 Å². The zero-order valence-electron chi connectivity index (χ0n) is 21.4. The van der Waals surface area contributed by atoms with E-state index in [9.17, 15) is 23.5 Å². The van der Waals surface area contributed by atoms with Gasteiger partial charge in [0.15, 0.2) is 0 Å². The van der Waals surface area contributed by atoms with Gasteiger partial charge in [-0.1, -0.05) is 29.3 Å². The lowest BCUT2D eigenvalue weighted by molar-refractivity contribution is -0.132. The van der Waals surface area contributed by atoms with Crippen molar-refractivity contribution in [3.63, 3.8) is 0 Å². The van der Waals surface area contributed by atoms with E-state index in [0.717, 1.165) is 6.20 Å². The fraction of sp³-hybridized carbons (Fsp3) is 0.357. The summed E-state index contributed by atoms with van der Waals surface area (Å²) in [6.07, 6.45) is 2.06. The lowest BCUT2D eigenvalue weighted by Crippen LogP contribution is -2.45. The van der Waals surface area contributed by atoms with E-state index in [2.05, 4.69) is 15.3 Å². The summed E-state index contributed by atoms with van der Waals surface area (Å²) in [5.74, 6) is -0.755. The summed E-state index contributed by atoms with van der Waals surface area (Å²) in [6, 6.07) is 9.23. The molecule has 1 saturated carbocycles. The Morgan fingerprint density at radius 3 is 2.52 bits per heavy atom. The van der Waals surface area contributed by atoms with Gasteiger partial charge in [0.1, 0.15) is 11.4 Å². The van der Waals surface area contributed by atoms with Crippen LogP contribution in [0.2, 0.25) is 10.0 Å². The van der Waals surface area contributed by atoms with Crippen molar-refractivity contribution in [2.24, 2.45) is 5.92 Å². The topological polar surface area (TPSA) is 105 Å². The molecule has 2 aliphatic rings. The van der Waals surface area contributed by atoms with Crippen molar-refractivity contribution >= 4 is 40.7 Å². The first kappa shape index (κ1) is 28.2. The van der Waals surface area contributed by atoms with Crippen molar-refractivity contribution in [3.8, 4) is 5.75 Å². The average Bonchev–Trinajstić information content (AvgIpc) is 3.16. The number of alkyl halides is 2. The van der Waals surface area contributed by atoms with Gasteiger partial charge in [-0.25, -0.2) is 8.78 Å². The molecule has 3 heterocycles. The molecule has 3 aromatic rings. The highest BCUT2D eigenvalue weighted by atomic mass is 35.5. The van der Waals surface area contributed by atoms with Crippen molar-refractivity contribution in [1.29, 1.82) is 0 Å². The van der Waals surface area contributed by atoms with Gasteiger partial charge in [-0.3, -0.25) is 19.6 Å². The van der Waals surface area contributed by atoms with Crippen LogP contribution in [0, 0.1) is 5.92 Å². The van der Waals surface area contributed by atoms with Gasteiger partial charge in [0.25, 0.3) is 18.2 Å². The second-order valence-electron chi connectivity index (χ2n) is 9.92. The van der Waals surface area contributed by atoms with Gasteiger partial charge in [-0.05, 0) is 61.9 Å². The monoisotopic (exact) mass is 590 g/mol. The van der Waals surface area contributed by atoms with Crippen LogP contribution < -0.4 is 15.0 Å². The smallest absolute Gasteiger partial charge is 0.281 e. The number of nitrogens with one attached hydrogen (secondary N) is 1. The standard InChI is InChI=1S/C28H26Cl2F2N4O4/c1-40-21-4-2-3-20-23(21)28(39,22-10-7-16(29)12-33-22)27(38)36(20)14-15-5-8-18(9-6-15)35-26(37)19-11-17(30)13-34-24(19)25(31)32/h2-4,7,10-13,15,18,25,39H,5-6,8-9,14H2,1H3,(H,35,37). The molecule has 1 fully saturated rings. The third-order valence-corrected chi connectivity index (χ3v) is 7.92. The molecule has 1 unspecified atom stereocenters. The van der Waals surface area contributed by atoms with E-state index in [1.807, 2.05) is 0 Å². The van der Waals surface area contributed by atoms with Crippen molar-refractivity contribution in [2.45, 2.75) is 43.8 Å². The first-order valence-electron chi connectivity index (χ1n) is 12.7. The number of carbonyl (C=O) groups excluding carboxylic acids is 2. The molecule has 2 aromatic heterocycles. The molecule has 5 rings (SSSR count). The molecular formula is C28H26Cl2F2N4O4. The van der Waals surface area contributed by atoms with Gasteiger partial charge >= 0.3 is 0 Å². The van der Waals surface area contributed by atoms with Gasteiger partial charge in [0, 0.05) is 25.0 Å². The molecule has 2 amide bonds. The highest BCUT2D eigenvalue weighted by Crippen LogP contribution is 2.49. The molecule has 1 aliphatic carbocycles. The van der Waals surface area contributed by atoms with Crippen LogP contribution in [-0.2, 0) is 10.4 Å². The third-order valence-electron chi connectivity index (χ3n) is 7.49. The van der Waals surface area contributed by atoms with Gasteiger partial charge < -0.3 is 20.1 Å². The maximum atomic E-state index is 13.8. The second kappa shape index (κ2) is 11.3. The summed E-state index contributed by atoms with van der Waals surface area (Å²) in [7, 11) is 1.47. The minimum atomic E-state index is -2.91. The molecule has 1 aromatic carbocycles. The molecule has 1 atom stereocenters. The maximum Gasteiger partial charge on any atom is 0.281 e. The first-order chi connectivity index (χ1) is 19.1. The van der Waals surface area contributed by atoms with Crippen LogP contribution in [-0.4, -0.2) is 46.6 Å². The quantitative estimate of drug-likeness (QED) is 0.387. The number of hydrogen-bond acceptors (Lipinski definition) is 6. The van der Waals surface area contributed by atoms with E-state index in [0.29, 0.717) is 54.3 Å². The maximum absolute atomic E-state index is 13.8. The molecule has 0 saturated heterocycles. The highest BCUT2D eigenvalue weighted by molar-refractivity contribution is 6.31. The largest absolute Gasteiger partial charge is 0.496 e. The second-order valence-corrected chi connectivity index (χ2v) is 10.8. The first-order valence-corrected chi connectivity index (χ1v) is 13.5. The molecule has 210 valence electrons. The number of aliphatic hydroxyl groups is 1. The van der Waals surface area contributed by atoms with Crippen LogP contribution >= 0.6 is 23.2 Å². The summed E-state index contributed by atoms with van der Waals surface area (Å²) in [5.41, 5.74) is -1.91. The molecule has 0 spiro atoms. The number of halogens is 4. The Labute approximate surface area is 239 Å². The zero-order chi connectivity index (χ0) is 28.6. The Balaban J connectivity index is 1.31. The van der Waals surface area contributed by atoms with Crippen LogP contribution in [0.1, 0.15) is 59.4 Å². The number of fused-ring (bicyclic) bond motifs is 1. The van der Waals surface area contributed by atoms with Crippen molar-refractivity contribution in [3.05, 3.63) is 81.4 Å². The number of aromatic nitrogens is 2. The number of rotatable bonds is 7. The van der Waals surface area contributed by atoms with Gasteiger partial charge in [-0.15, -0.1) is 0 Å². The van der Waals surface area contributed by atoms with E-state index in [-0.39, 0.29) is 28.2 Å². The third kappa shape index (κ3) is 5.11. The number of anilines is 1. The number of ether oxygens (including phenoxy) is 1. The highest BCUT2D eigenvalue weighted by Gasteiger charge is 2.54. The van der Waals surface area contributed by atoms with E-state index in [1.54, 1.807) is 29.2 Å². The summed E-state index contributed by atoms with van der Waals surface area (Å²) in [5, 5.41) is 15.1. The lowest BCUT2D eigenvalue weighted by Gasteiger charge is -2.32. The Morgan fingerprint density at radius 2 is 1.88 bits per heavy atom. The Kier molecular flexibility index (Phi) is 7.94. The number of hydrogen-bond donors (Lipinski definition) is 2. The molecule has 1 aliphatic heterocycles. The number of methoxy groups -OCH3 is 1. The van der Waals surface area contributed by atoms with Crippen LogP contribution in [0.15, 0.2) is 48.8 Å². The molecule has 12 heteroatoms. The van der Waals surface area contributed by atoms with E-state index >= 15 is 0 Å². The van der Waals surface area contributed by atoms with Gasteiger partial charge in [-0.2, -0.15) is 0 Å². The summed E-state index contributed by atoms with van der Waals surface area (Å²) in [6.45, 7) is 0.337. The predicted molar refractivity (Wildman–Crippen MR) is 145 cm³/mol. The predicted octanol–water partition coefficient (Wildman–Crippen LogP) is 5.30. The van der Waals surface area contributed by atoms with Crippen molar-refractivity contribution < 1.29 is 28.2 Å². The molecule has 0 radical (unpaired) electrons. The molecule has 40 heavy (non-hydrogen) atoms. The molecule has 8 nitrogen and oxygen atoms in total. The van der Waals surface area contributed by atoms with Crippen LogP contribution in [0.25, 0.3) is 0 Å². The van der Waals surface area contributed by atoms with E-state index in [1.165, 1.54) is 25.4 Å².